The molecule has 0 radical (unpaired) electrons. The highest BCUT2D eigenvalue weighted by atomic mass is 19.1. The largest absolute Gasteiger partial charge is 0.491 e. The van der Waals surface area contributed by atoms with Crippen LogP contribution in [-0.2, 0) is 0 Å². The van der Waals surface area contributed by atoms with Crippen molar-refractivity contribution in [3.05, 3.63) is 54.1 Å². The van der Waals surface area contributed by atoms with Crippen molar-refractivity contribution < 1.29 is 13.5 Å². The minimum atomic E-state index is -0.387. The van der Waals surface area contributed by atoms with E-state index in [1.165, 1.54) is 6.07 Å². The Balaban J connectivity index is 2.26. The molecule has 0 N–H and O–H groups in total. The highest BCUT2D eigenvalue weighted by molar-refractivity contribution is 6.08. The third kappa shape index (κ3) is 1.99. The summed E-state index contributed by atoms with van der Waals surface area (Å²) in [5, 5.41) is 2.37. The molecule has 3 aromatic carbocycles. The third-order valence-corrected chi connectivity index (χ3v) is 3.37. The number of halogens is 2. The fraction of sp³-hybridized carbons (Fsp3) is 0.176. The van der Waals surface area contributed by atoms with Gasteiger partial charge in [0.1, 0.15) is 5.82 Å². The van der Waals surface area contributed by atoms with Gasteiger partial charge in [-0.05, 0) is 35.4 Å². The molecular formula is C17H14F2O. The van der Waals surface area contributed by atoms with Crippen molar-refractivity contribution in [1.82, 2.24) is 0 Å². The lowest BCUT2D eigenvalue weighted by atomic mass is 10.0. The second kappa shape index (κ2) is 5.08. The molecule has 102 valence electrons. The normalized spacial score (nSPS) is 11.2. The first-order valence-corrected chi connectivity index (χ1v) is 6.64. The summed E-state index contributed by atoms with van der Waals surface area (Å²) in [6.07, 6.45) is 0.820. The van der Waals surface area contributed by atoms with Gasteiger partial charge in [-0.25, -0.2) is 8.78 Å². The van der Waals surface area contributed by atoms with Crippen LogP contribution < -0.4 is 4.74 Å². The predicted octanol–water partition coefficient (Wildman–Crippen LogP) is 5.06. The molecular weight excluding hydrogens is 258 g/mol. The topological polar surface area (TPSA) is 9.23 Å². The maximum absolute atomic E-state index is 14.4. The van der Waals surface area contributed by atoms with Crippen molar-refractivity contribution in [2.24, 2.45) is 0 Å². The van der Waals surface area contributed by atoms with Crippen LogP contribution in [-0.4, -0.2) is 6.61 Å². The molecule has 1 nitrogen and oxygen atoms in total. The van der Waals surface area contributed by atoms with Gasteiger partial charge in [0.25, 0.3) is 0 Å². The minimum Gasteiger partial charge on any atom is -0.491 e. The van der Waals surface area contributed by atoms with Crippen LogP contribution in [0.4, 0.5) is 8.78 Å². The van der Waals surface area contributed by atoms with Gasteiger partial charge in [0.05, 0.1) is 6.61 Å². The molecule has 0 saturated heterocycles. The number of benzene rings is 3. The Morgan fingerprint density at radius 3 is 2.35 bits per heavy atom. The zero-order chi connectivity index (χ0) is 14.1. The van der Waals surface area contributed by atoms with Gasteiger partial charge in [-0.3, -0.25) is 0 Å². The molecule has 0 saturated carbocycles. The SMILES string of the molecule is CCCOc1ccc2c(ccc3c(F)cccc32)c1F. The summed E-state index contributed by atoms with van der Waals surface area (Å²) in [5.74, 6) is -0.437. The first kappa shape index (κ1) is 12.9. The Kier molecular flexibility index (Phi) is 3.26. The van der Waals surface area contributed by atoms with Gasteiger partial charge in [0, 0.05) is 10.8 Å². The summed E-state index contributed by atoms with van der Waals surface area (Å²) in [7, 11) is 0. The summed E-state index contributed by atoms with van der Waals surface area (Å²) in [6.45, 7) is 2.44. The molecule has 3 aromatic rings. The van der Waals surface area contributed by atoms with Crippen molar-refractivity contribution in [1.29, 1.82) is 0 Å². The first-order chi connectivity index (χ1) is 9.72. The Bertz CT molecular complexity index is 781. The molecule has 0 atom stereocenters. The van der Waals surface area contributed by atoms with E-state index in [-0.39, 0.29) is 17.4 Å². The van der Waals surface area contributed by atoms with Crippen molar-refractivity contribution in [2.75, 3.05) is 6.61 Å². The summed E-state index contributed by atoms with van der Waals surface area (Å²) in [6, 6.07) is 11.4. The fourth-order valence-electron chi connectivity index (χ4n) is 2.40. The van der Waals surface area contributed by atoms with Crippen LogP contribution in [0.5, 0.6) is 5.75 Å². The molecule has 0 aliphatic rings. The molecule has 0 aromatic heterocycles. The molecule has 0 fully saturated rings. The van der Waals surface area contributed by atoms with Crippen molar-refractivity contribution in [2.45, 2.75) is 13.3 Å². The summed E-state index contributed by atoms with van der Waals surface area (Å²) < 4.78 is 33.5. The van der Waals surface area contributed by atoms with Crippen molar-refractivity contribution >= 4 is 21.5 Å². The quantitative estimate of drug-likeness (QED) is 0.605. The number of fused-ring (bicyclic) bond motifs is 3. The summed E-state index contributed by atoms with van der Waals surface area (Å²) in [4.78, 5) is 0. The van der Waals surface area contributed by atoms with Crippen LogP contribution in [0.25, 0.3) is 21.5 Å². The van der Waals surface area contributed by atoms with Crippen molar-refractivity contribution in [3.63, 3.8) is 0 Å². The standard InChI is InChI=1S/C17H14F2O/c1-2-10-20-16-9-8-12-11-4-3-5-15(18)13(11)6-7-14(12)17(16)19/h3-9H,2,10H2,1H3. The average molecular weight is 272 g/mol. The molecule has 0 aliphatic carbocycles. The van der Waals surface area contributed by atoms with E-state index in [2.05, 4.69) is 0 Å². The van der Waals surface area contributed by atoms with Crippen LogP contribution >= 0.6 is 0 Å². The maximum Gasteiger partial charge on any atom is 0.172 e. The smallest absolute Gasteiger partial charge is 0.172 e. The third-order valence-electron chi connectivity index (χ3n) is 3.37. The van der Waals surface area contributed by atoms with E-state index in [1.807, 2.05) is 6.92 Å². The number of rotatable bonds is 3. The van der Waals surface area contributed by atoms with Crippen molar-refractivity contribution in [3.8, 4) is 5.75 Å². The number of ether oxygens (including phenoxy) is 1. The van der Waals surface area contributed by atoms with E-state index in [0.717, 1.165) is 6.42 Å². The molecule has 0 bridgehead atoms. The molecule has 0 amide bonds. The highest BCUT2D eigenvalue weighted by Crippen LogP contribution is 2.32. The molecule has 20 heavy (non-hydrogen) atoms. The van der Waals surface area contributed by atoms with E-state index >= 15 is 0 Å². The molecule has 0 unspecified atom stereocenters. The summed E-state index contributed by atoms with van der Waals surface area (Å²) >= 11 is 0. The average Bonchev–Trinajstić information content (AvgIpc) is 2.47. The van der Waals surface area contributed by atoms with Gasteiger partial charge >= 0.3 is 0 Å². The van der Waals surface area contributed by atoms with Gasteiger partial charge in [-0.2, -0.15) is 0 Å². The van der Waals surface area contributed by atoms with Crippen LogP contribution in [0.1, 0.15) is 13.3 Å². The van der Waals surface area contributed by atoms with Crippen LogP contribution in [0.3, 0.4) is 0 Å². The van der Waals surface area contributed by atoms with E-state index in [0.29, 0.717) is 28.2 Å². The van der Waals surface area contributed by atoms with Gasteiger partial charge in [-0.1, -0.05) is 31.2 Å². The lowest BCUT2D eigenvalue weighted by molar-refractivity contribution is 0.302. The van der Waals surface area contributed by atoms with E-state index in [1.54, 1.807) is 36.4 Å². The van der Waals surface area contributed by atoms with Gasteiger partial charge < -0.3 is 4.74 Å². The Morgan fingerprint density at radius 2 is 1.55 bits per heavy atom. The van der Waals surface area contributed by atoms with E-state index in [9.17, 15) is 8.78 Å². The maximum atomic E-state index is 14.4. The zero-order valence-corrected chi connectivity index (χ0v) is 11.1. The highest BCUT2D eigenvalue weighted by Gasteiger charge is 2.11. The molecule has 3 rings (SSSR count). The second-order valence-corrected chi connectivity index (χ2v) is 4.72. The van der Waals surface area contributed by atoms with Crippen LogP contribution in [0.15, 0.2) is 42.5 Å². The Labute approximate surface area is 115 Å². The molecule has 3 heteroatoms. The van der Waals surface area contributed by atoms with Gasteiger partial charge in [0.2, 0.25) is 0 Å². The number of hydrogen-bond donors (Lipinski definition) is 0. The predicted molar refractivity (Wildman–Crippen MR) is 77.2 cm³/mol. The second-order valence-electron chi connectivity index (χ2n) is 4.72. The zero-order valence-electron chi connectivity index (χ0n) is 11.1. The Morgan fingerprint density at radius 1 is 0.850 bits per heavy atom. The monoisotopic (exact) mass is 272 g/mol. The van der Waals surface area contributed by atoms with Crippen LogP contribution in [0.2, 0.25) is 0 Å². The molecule has 0 aliphatic heterocycles. The fourth-order valence-corrected chi connectivity index (χ4v) is 2.40. The lowest BCUT2D eigenvalue weighted by Crippen LogP contribution is -1.98. The Hall–Kier alpha value is -2.16. The van der Waals surface area contributed by atoms with Gasteiger partial charge in [-0.15, -0.1) is 0 Å². The summed E-state index contributed by atoms with van der Waals surface area (Å²) in [5.41, 5.74) is 0. The lowest BCUT2D eigenvalue weighted by Gasteiger charge is -2.10. The first-order valence-electron chi connectivity index (χ1n) is 6.64. The van der Waals surface area contributed by atoms with E-state index in [4.69, 9.17) is 4.74 Å². The van der Waals surface area contributed by atoms with Gasteiger partial charge in [0.15, 0.2) is 11.6 Å². The molecule has 0 heterocycles. The molecule has 0 spiro atoms. The van der Waals surface area contributed by atoms with Crippen LogP contribution in [0, 0.1) is 11.6 Å². The minimum absolute atomic E-state index is 0.245. The van der Waals surface area contributed by atoms with E-state index < -0.39 is 0 Å². The number of hydrogen-bond acceptors (Lipinski definition) is 1.